The minimum atomic E-state index is -0.139. The number of anilines is 3. The van der Waals surface area contributed by atoms with E-state index in [4.69, 9.17) is 8.83 Å². The summed E-state index contributed by atoms with van der Waals surface area (Å²) in [6, 6.07) is 71.8. The van der Waals surface area contributed by atoms with Gasteiger partial charge in [0, 0.05) is 50.1 Å². The van der Waals surface area contributed by atoms with E-state index in [0.29, 0.717) is 0 Å². The number of hydrogen-bond acceptors (Lipinski definition) is 3. The van der Waals surface area contributed by atoms with Crippen molar-refractivity contribution in [1.29, 1.82) is 0 Å². The van der Waals surface area contributed by atoms with Crippen LogP contribution < -0.4 is 4.90 Å². The molecule has 0 bridgehead atoms. The Kier molecular flexibility index (Phi) is 7.58. The molecule has 3 nitrogen and oxygen atoms in total. The van der Waals surface area contributed by atoms with E-state index in [2.05, 4.69) is 219 Å². The molecule has 2 aromatic heterocycles. The van der Waals surface area contributed by atoms with E-state index >= 15 is 0 Å². The van der Waals surface area contributed by atoms with Crippen molar-refractivity contribution in [2.45, 2.75) is 19.3 Å². The van der Waals surface area contributed by atoms with Crippen molar-refractivity contribution in [3.63, 3.8) is 0 Å². The number of benzene rings is 9. The van der Waals surface area contributed by atoms with Gasteiger partial charge in [-0.2, -0.15) is 0 Å². The first-order chi connectivity index (χ1) is 29.5. The van der Waals surface area contributed by atoms with Gasteiger partial charge in [-0.15, -0.1) is 0 Å². The second-order valence-electron chi connectivity index (χ2n) is 16.5. The van der Waals surface area contributed by atoms with Gasteiger partial charge in [0.25, 0.3) is 0 Å². The summed E-state index contributed by atoms with van der Waals surface area (Å²) < 4.78 is 13.3. The third-order valence-corrected chi connectivity index (χ3v) is 12.7. The molecule has 0 saturated heterocycles. The predicted octanol–water partition coefficient (Wildman–Crippen LogP) is 16.3. The van der Waals surface area contributed by atoms with E-state index < -0.39 is 0 Å². The molecular weight excluding hydrogens is 731 g/mol. The van der Waals surface area contributed by atoms with Gasteiger partial charge >= 0.3 is 0 Å². The molecule has 2 heterocycles. The van der Waals surface area contributed by atoms with Gasteiger partial charge in [0.15, 0.2) is 0 Å². The Balaban J connectivity index is 1.01. The van der Waals surface area contributed by atoms with Crippen molar-refractivity contribution < 1.29 is 8.83 Å². The molecule has 1 aliphatic rings. The fourth-order valence-electron chi connectivity index (χ4n) is 9.67. The van der Waals surface area contributed by atoms with Crippen molar-refractivity contribution in [1.82, 2.24) is 0 Å². The molecule has 0 fully saturated rings. The first-order valence-corrected chi connectivity index (χ1v) is 20.7. The zero-order valence-corrected chi connectivity index (χ0v) is 33.3. The molecule has 3 heteroatoms. The zero-order chi connectivity index (χ0) is 40.0. The summed E-state index contributed by atoms with van der Waals surface area (Å²) in [4.78, 5) is 2.37. The van der Waals surface area contributed by atoms with Gasteiger partial charge in [0.05, 0.1) is 0 Å². The molecule has 0 spiro atoms. The van der Waals surface area contributed by atoms with E-state index in [1.54, 1.807) is 0 Å². The summed E-state index contributed by atoms with van der Waals surface area (Å²) in [7, 11) is 0. The lowest BCUT2D eigenvalue weighted by Gasteiger charge is -2.28. The molecule has 0 radical (unpaired) electrons. The molecule has 60 heavy (non-hydrogen) atoms. The van der Waals surface area contributed by atoms with Gasteiger partial charge in [-0.3, -0.25) is 0 Å². The van der Waals surface area contributed by atoms with Crippen LogP contribution >= 0.6 is 0 Å². The molecule has 0 unspecified atom stereocenters. The van der Waals surface area contributed by atoms with Crippen LogP contribution in [0.2, 0.25) is 0 Å². The Morgan fingerprint density at radius 3 is 1.70 bits per heavy atom. The SMILES string of the molecule is CC1(C)c2ccccc2-c2ccc(N(c3cccc(-c4ccc(-c5ccccc5)cc4)c3)c3ccc4c(c3)oc3cc5c(cc34)oc3cccc(-c4ccccc4)c35)cc21. The molecule has 284 valence electrons. The predicted molar refractivity (Wildman–Crippen MR) is 250 cm³/mol. The van der Waals surface area contributed by atoms with E-state index in [-0.39, 0.29) is 5.41 Å². The Morgan fingerprint density at radius 2 is 0.883 bits per heavy atom. The molecule has 0 N–H and O–H groups in total. The van der Waals surface area contributed by atoms with Crippen LogP contribution in [0.15, 0.2) is 209 Å². The molecular formula is C57H39NO2. The Morgan fingerprint density at radius 1 is 0.333 bits per heavy atom. The first kappa shape index (κ1) is 34.4. The van der Waals surface area contributed by atoms with E-state index in [9.17, 15) is 0 Å². The quantitative estimate of drug-likeness (QED) is 0.169. The highest BCUT2D eigenvalue weighted by Crippen LogP contribution is 2.51. The standard InChI is InChI=1S/C57H39NO2/c1-57(2)50-21-10-9-19-45(50)46-29-27-42(32-51(46)57)58(41-18-11-17-40(31-41)38-25-23-37(24-26-38)36-13-5-3-6-14-36)43-28-30-47-48-34-55-49(35-54(48)60-53(47)33-43)56-44(20-12-22-52(56)59-55)39-15-7-4-8-16-39/h3-35H,1-2H3. The summed E-state index contributed by atoms with van der Waals surface area (Å²) in [5.41, 5.74) is 18.8. The highest BCUT2D eigenvalue weighted by Gasteiger charge is 2.35. The van der Waals surface area contributed by atoms with Crippen molar-refractivity contribution in [2.75, 3.05) is 4.90 Å². The maximum absolute atomic E-state index is 6.81. The van der Waals surface area contributed by atoms with Crippen LogP contribution in [-0.4, -0.2) is 0 Å². The van der Waals surface area contributed by atoms with Crippen LogP contribution in [0.3, 0.4) is 0 Å². The molecule has 11 aromatic rings. The molecule has 0 amide bonds. The summed E-state index contributed by atoms with van der Waals surface area (Å²) in [5, 5.41) is 4.24. The van der Waals surface area contributed by atoms with Crippen LogP contribution in [0, 0.1) is 0 Å². The minimum absolute atomic E-state index is 0.139. The van der Waals surface area contributed by atoms with Crippen LogP contribution in [0.25, 0.3) is 88.4 Å². The second kappa shape index (κ2) is 13.2. The number of fused-ring (bicyclic) bond motifs is 9. The van der Waals surface area contributed by atoms with Crippen LogP contribution in [-0.2, 0) is 5.41 Å². The highest BCUT2D eigenvalue weighted by molar-refractivity contribution is 6.18. The Hall–Kier alpha value is -7.62. The summed E-state index contributed by atoms with van der Waals surface area (Å²) >= 11 is 0. The fourth-order valence-corrected chi connectivity index (χ4v) is 9.67. The number of nitrogens with zero attached hydrogens (tertiary/aromatic N) is 1. The molecule has 0 saturated carbocycles. The lowest BCUT2D eigenvalue weighted by atomic mass is 9.82. The van der Waals surface area contributed by atoms with Crippen LogP contribution in [0.4, 0.5) is 17.1 Å². The molecule has 12 rings (SSSR count). The monoisotopic (exact) mass is 769 g/mol. The lowest BCUT2D eigenvalue weighted by molar-refractivity contribution is 0.660. The van der Waals surface area contributed by atoms with E-state index in [0.717, 1.165) is 77.6 Å². The normalized spacial score (nSPS) is 13.0. The average Bonchev–Trinajstić information content (AvgIpc) is 3.92. The summed E-state index contributed by atoms with van der Waals surface area (Å²) in [6.07, 6.45) is 0. The Labute approximate surface area is 348 Å². The summed E-state index contributed by atoms with van der Waals surface area (Å²) in [5.74, 6) is 0. The van der Waals surface area contributed by atoms with Crippen LogP contribution in [0.5, 0.6) is 0 Å². The van der Waals surface area contributed by atoms with Gasteiger partial charge in [0.2, 0.25) is 0 Å². The maximum atomic E-state index is 6.81. The number of hydrogen-bond donors (Lipinski definition) is 0. The van der Waals surface area contributed by atoms with Crippen LogP contribution in [0.1, 0.15) is 25.0 Å². The minimum Gasteiger partial charge on any atom is -0.456 e. The first-order valence-electron chi connectivity index (χ1n) is 20.7. The van der Waals surface area contributed by atoms with Crippen molar-refractivity contribution in [2.24, 2.45) is 0 Å². The van der Waals surface area contributed by atoms with Gasteiger partial charge in [-0.25, -0.2) is 0 Å². The van der Waals surface area contributed by atoms with Gasteiger partial charge in [0.1, 0.15) is 22.3 Å². The van der Waals surface area contributed by atoms with E-state index in [1.165, 1.54) is 38.9 Å². The van der Waals surface area contributed by atoms with Crippen molar-refractivity contribution >= 4 is 60.9 Å². The number of rotatable bonds is 6. The molecule has 0 aliphatic heterocycles. The molecule has 0 atom stereocenters. The lowest BCUT2D eigenvalue weighted by Crippen LogP contribution is -2.16. The molecule has 1 aliphatic carbocycles. The van der Waals surface area contributed by atoms with Gasteiger partial charge in [-0.05, 0) is 110 Å². The maximum Gasteiger partial charge on any atom is 0.137 e. The largest absolute Gasteiger partial charge is 0.456 e. The topological polar surface area (TPSA) is 29.5 Å². The second-order valence-corrected chi connectivity index (χ2v) is 16.5. The number of furan rings is 2. The average molecular weight is 770 g/mol. The molecule has 9 aromatic carbocycles. The van der Waals surface area contributed by atoms with Crippen molar-refractivity contribution in [3.8, 4) is 44.5 Å². The fraction of sp³-hybridized carbons (Fsp3) is 0.0526. The third kappa shape index (κ3) is 5.36. The highest BCUT2D eigenvalue weighted by atomic mass is 16.3. The summed E-state index contributed by atoms with van der Waals surface area (Å²) in [6.45, 7) is 4.68. The van der Waals surface area contributed by atoms with Gasteiger partial charge < -0.3 is 13.7 Å². The Bertz CT molecular complexity index is 3450. The van der Waals surface area contributed by atoms with Gasteiger partial charge in [-0.1, -0.05) is 153 Å². The zero-order valence-electron chi connectivity index (χ0n) is 33.3. The van der Waals surface area contributed by atoms with E-state index in [1.807, 2.05) is 0 Å². The van der Waals surface area contributed by atoms with Crippen molar-refractivity contribution in [3.05, 3.63) is 211 Å². The smallest absolute Gasteiger partial charge is 0.137 e. The third-order valence-electron chi connectivity index (χ3n) is 12.7.